The predicted molar refractivity (Wildman–Crippen MR) is 273 cm³/mol. The molecule has 0 bridgehead atoms. The Labute approximate surface area is 403 Å². The number of piperazine rings is 2. The second-order valence-corrected chi connectivity index (χ2v) is 18.5. The van der Waals surface area contributed by atoms with Gasteiger partial charge >= 0.3 is 26.9 Å². The van der Waals surface area contributed by atoms with E-state index in [4.69, 9.17) is 14.6 Å². The summed E-state index contributed by atoms with van der Waals surface area (Å²) in [4.78, 5) is 33.0. The summed E-state index contributed by atoms with van der Waals surface area (Å²) in [5.41, 5.74) is 2.79. The number of para-hydroxylation sites is 2. The number of hydrogen-bond acceptors (Lipinski definition) is 13. The van der Waals surface area contributed by atoms with E-state index in [1.807, 2.05) is 24.3 Å². The first kappa shape index (κ1) is 49.5. The van der Waals surface area contributed by atoms with Crippen LogP contribution in [0.25, 0.3) is 43.5 Å². The van der Waals surface area contributed by atoms with Gasteiger partial charge in [-0.3, -0.25) is 9.80 Å². The maximum atomic E-state index is 12.2. The lowest BCUT2D eigenvalue weighted by atomic mass is 10.1. The minimum Gasteiger partial charge on any atom is -0.423 e. The zero-order chi connectivity index (χ0) is 49.1. The first-order valence-electron chi connectivity index (χ1n) is 23.3. The molecule has 70 heavy (non-hydrogen) atoms. The van der Waals surface area contributed by atoms with Crippen molar-refractivity contribution >= 4 is 70.7 Å². The van der Waals surface area contributed by atoms with Crippen molar-refractivity contribution < 1.29 is 34.6 Å². The minimum atomic E-state index is -5.84. The molecule has 366 valence electrons. The van der Waals surface area contributed by atoms with E-state index in [1.165, 1.54) is 57.2 Å². The Hall–Kier alpha value is -6.92. The van der Waals surface area contributed by atoms with Crippen LogP contribution in [-0.4, -0.2) is 102 Å². The number of nitrogens with two attached hydrogens (primary N) is 1. The van der Waals surface area contributed by atoms with Gasteiger partial charge in [-0.05, 0) is 79.6 Å². The molecule has 10 rings (SSSR count). The minimum absolute atomic E-state index is 0.0603. The second-order valence-electron chi connectivity index (χ2n) is 17.0. The van der Waals surface area contributed by atoms with E-state index < -0.39 is 27.0 Å². The fourth-order valence-corrected chi connectivity index (χ4v) is 9.28. The largest absolute Gasteiger partial charge is 0.534 e. The molecule has 0 amide bonds. The van der Waals surface area contributed by atoms with Gasteiger partial charge in [0.2, 0.25) is 0 Å². The normalized spacial score (nSPS) is 14.8. The van der Waals surface area contributed by atoms with E-state index in [0.717, 1.165) is 102 Å². The van der Waals surface area contributed by atoms with E-state index in [1.54, 1.807) is 6.07 Å². The second kappa shape index (κ2) is 22.7. The Morgan fingerprint density at radius 3 is 1.53 bits per heavy atom. The molecule has 17 heteroatoms. The van der Waals surface area contributed by atoms with Crippen molar-refractivity contribution in [2.24, 2.45) is 5.73 Å². The van der Waals surface area contributed by atoms with Crippen LogP contribution in [0.2, 0.25) is 0 Å². The van der Waals surface area contributed by atoms with Crippen molar-refractivity contribution in [1.82, 2.24) is 9.80 Å². The van der Waals surface area contributed by atoms with Crippen LogP contribution in [0.15, 0.2) is 164 Å². The lowest BCUT2D eigenvalue weighted by Crippen LogP contribution is -2.46. The zero-order valence-electron chi connectivity index (χ0n) is 38.5. The monoisotopic (exact) mass is 976 g/mol. The molecule has 8 aromatic rings. The quantitative estimate of drug-likeness (QED) is 0.0519. The average molecular weight is 977 g/mol. The van der Waals surface area contributed by atoms with Crippen molar-refractivity contribution in [2.75, 3.05) is 93.7 Å². The highest BCUT2D eigenvalue weighted by Crippen LogP contribution is 2.32. The number of alkyl halides is 3. The molecule has 2 aromatic heterocycles. The van der Waals surface area contributed by atoms with Crippen LogP contribution in [0.5, 0.6) is 5.75 Å². The van der Waals surface area contributed by atoms with Gasteiger partial charge < -0.3 is 33.9 Å². The molecule has 2 saturated heterocycles. The lowest BCUT2D eigenvalue weighted by Gasteiger charge is -2.36. The Morgan fingerprint density at radius 2 is 1.00 bits per heavy atom. The summed E-state index contributed by atoms with van der Waals surface area (Å²) in [7, 11) is -5.84. The van der Waals surface area contributed by atoms with E-state index in [9.17, 15) is 31.2 Å². The molecule has 0 unspecified atom stereocenters. The molecule has 4 heterocycles. The van der Waals surface area contributed by atoms with Crippen LogP contribution in [0.3, 0.4) is 0 Å². The topological polar surface area (TPSA) is 155 Å². The van der Waals surface area contributed by atoms with Crippen molar-refractivity contribution in [3.8, 4) is 5.75 Å². The Balaban J connectivity index is 0.000000148. The molecule has 0 saturated carbocycles. The van der Waals surface area contributed by atoms with Crippen LogP contribution in [0.1, 0.15) is 12.8 Å². The molecule has 2 aliphatic rings. The van der Waals surface area contributed by atoms with Crippen LogP contribution in [-0.2, 0) is 10.1 Å². The molecule has 0 radical (unpaired) electrons. The van der Waals surface area contributed by atoms with Crippen LogP contribution < -0.4 is 36.3 Å². The molecule has 13 nitrogen and oxygen atoms in total. The SMILES string of the molecule is NCCCN1CCN(c2cccc3ccccc23)CC1.O=c1cc(NCCCN2CCN(c3cccc4ccccc34)CC2)c2ccccc2o1.O=c1cc(OS(=O)(=O)C(F)(F)F)c2ccccc2o1. The summed E-state index contributed by atoms with van der Waals surface area (Å²) in [6.45, 7) is 12.6. The number of anilines is 3. The third kappa shape index (κ3) is 12.3. The number of benzene rings is 6. The predicted octanol–water partition coefficient (Wildman–Crippen LogP) is 8.90. The molecule has 2 fully saturated rings. The number of hydrogen-bond donors (Lipinski definition) is 2. The van der Waals surface area contributed by atoms with Gasteiger partial charge in [-0.1, -0.05) is 97.1 Å². The van der Waals surface area contributed by atoms with E-state index in [2.05, 4.69) is 114 Å². The Bertz CT molecular complexity index is 3250. The lowest BCUT2D eigenvalue weighted by molar-refractivity contribution is -0.0499. The Morgan fingerprint density at radius 1 is 0.557 bits per heavy atom. The van der Waals surface area contributed by atoms with Gasteiger partial charge in [-0.2, -0.15) is 21.6 Å². The highest BCUT2D eigenvalue weighted by molar-refractivity contribution is 7.88. The fourth-order valence-electron chi connectivity index (χ4n) is 8.81. The van der Waals surface area contributed by atoms with Gasteiger partial charge in [-0.15, -0.1) is 0 Å². The molecular formula is C53H55F3N6O7S. The first-order valence-corrected chi connectivity index (χ1v) is 24.7. The van der Waals surface area contributed by atoms with Crippen LogP contribution >= 0.6 is 0 Å². The Kier molecular flexibility index (Phi) is 16.0. The summed E-state index contributed by atoms with van der Waals surface area (Å²) in [5, 5.41) is 9.65. The summed E-state index contributed by atoms with van der Waals surface area (Å²) in [5.74, 6) is -0.732. The van der Waals surface area contributed by atoms with Crippen LogP contribution in [0, 0.1) is 0 Å². The van der Waals surface area contributed by atoms with E-state index >= 15 is 0 Å². The molecule has 3 N–H and O–H groups in total. The van der Waals surface area contributed by atoms with Gasteiger partial charge in [0.05, 0.1) is 17.1 Å². The fraction of sp³-hybridized carbons (Fsp3) is 0.283. The molecule has 0 spiro atoms. The molecule has 0 atom stereocenters. The maximum Gasteiger partial charge on any atom is 0.534 e. The van der Waals surface area contributed by atoms with Crippen molar-refractivity contribution in [3.05, 3.63) is 166 Å². The summed E-state index contributed by atoms with van der Waals surface area (Å²) in [6, 6.07) is 45.6. The smallest absolute Gasteiger partial charge is 0.423 e. The zero-order valence-corrected chi connectivity index (χ0v) is 39.3. The standard InChI is InChI=1S/C26H27N3O2.C17H23N3.C10H5F3O5S/c30-26-19-23(22-10-3-4-12-25(22)31-26)27-13-6-14-28-15-17-29(18-16-28)24-11-5-8-20-7-1-2-9-21(20)24;18-9-4-10-19-11-13-20(14-12-19)17-8-3-6-15-5-1-2-7-16(15)17;11-10(12,13)19(15,16)18-8-5-9(14)17-7-4-2-1-3-6(7)8/h1-5,7-12,19,27H,6,13-18H2;1-3,5-8H,4,9-14,18H2;1-5H. The number of rotatable bonds is 12. The maximum absolute atomic E-state index is 12.2. The number of nitrogens with one attached hydrogen (secondary N) is 1. The van der Waals surface area contributed by atoms with Gasteiger partial charge in [0.15, 0.2) is 5.75 Å². The van der Waals surface area contributed by atoms with Gasteiger partial charge in [-0.25, -0.2) is 9.59 Å². The van der Waals surface area contributed by atoms with Gasteiger partial charge in [0.25, 0.3) is 0 Å². The number of fused-ring (bicyclic) bond motifs is 4. The third-order valence-corrected chi connectivity index (χ3v) is 13.3. The summed E-state index contributed by atoms with van der Waals surface area (Å²) >= 11 is 0. The van der Waals surface area contributed by atoms with Crippen molar-refractivity contribution in [2.45, 2.75) is 18.3 Å². The number of nitrogens with zero attached hydrogens (tertiary/aromatic N) is 4. The molecule has 0 aliphatic carbocycles. The first-order chi connectivity index (χ1) is 33.9. The highest BCUT2D eigenvalue weighted by atomic mass is 32.2. The van der Waals surface area contributed by atoms with Crippen LogP contribution in [0.4, 0.5) is 30.2 Å². The van der Waals surface area contributed by atoms with E-state index in [0.29, 0.717) is 11.6 Å². The van der Waals surface area contributed by atoms with E-state index in [-0.39, 0.29) is 16.6 Å². The van der Waals surface area contributed by atoms with Gasteiger partial charge in [0, 0.05) is 92.5 Å². The van der Waals surface area contributed by atoms with Gasteiger partial charge in [0.1, 0.15) is 11.2 Å². The highest BCUT2D eigenvalue weighted by Gasteiger charge is 2.49. The average Bonchev–Trinajstić information content (AvgIpc) is 3.37. The molecule has 2 aliphatic heterocycles. The molecule has 6 aromatic carbocycles. The van der Waals surface area contributed by atoms with Crippen molar-refractivity contribution in [3.63, 3.8) is 0 Å². The number of halogens is 3. The molecular weight excluding hydrogens is 922 g/mol. The summed E-state index contributed by atoms with van der Waals surface area (Å²) < 4.78 is 72.3. The van der Waals surface area contributed by atoms with Crippen molar-refractivity contribution in [1.29, 1.82) is 0 Å². The third-order valence-electron chi connectivity index (χ3n) is 12.3. The summed E-state index contributed by atoms with van der Waals surface area (Å²) in [6.07, 6.45) is 2.14.